The number of piperidine rings is 1. The molecular weight excluding hydrogens is 198 g/mol. The fraction of sp³-hybridized carbons (Fsp3) is 0.857. The third kappa shape index (κ3) is 1.72. The van der Waals surface area contributed by atoms with Crippen molar-refractivity contribution in [3.05, 3.63) is 12.7 Å². The zero-order valence-electron chi connectivity index (χ0n) is 10.9. The molecular formula is C14H25NO. The Bertz CT molecular complexity index is 286. The van der Waals surface area contributed by atoms with E-state index in [1.165, 1.54) is 19.3 Å². The van der Waals surface area contributed by atoms with E-state index < -0.39 is 5.60 Å². The van der Waals surface area contributed by atoms with Crippen LogP contribution in [0.1, 0.15) is 46.0 Å². The largest absolute Gasteiger partial charge is 0.385 e. The minimum atomic E-state index is -0.652. The molecule has 1 aliphatic carbocycles. The van der Waals surface area contributed by atoms with Gasteiger partial charge in [0, 0.05) is 17.5 Å². The van der Waals surface area contributed by atoms with Gasteiger partial charge in [-0.3, -0.25) is 4.90 Å². The average molecular weight is 223 g/mol. The van der Waals surface area contributed by atoms with Crippen LogP contribution in [0.4, 0.5) is 0 Å². The molecule has 2 nitrogen and oxygen atoms in total. The van der Waals surface area contributed by atoms with E-state index in [1.807, 2.05) is 0 Å². The molecule has 92 valence electrons. The molecule has 1 saturated heterocycles. The van der Waals surface area contributed by atoms with E-state index in [1.54, 1.807) is 6.08 Å². The summed E-state index contributed by atoms with van der Waals surface area (Å²) < 4.78 is 0. The topological polar surface area (TPSA) is 23.5 Å². The van der Waals surface area contributed by atoms with E-state index >= 15 is 0 Å². The van der Waals surface area contributed by atoms with Crippen LogP contribution in [-0.2, 0) is 0 Å². The van der Waals surface area contributed by atoms with Crippen molar-refractivity contribution >= 4 is 0 Å². The van der Waals surface area contributed by atoms with Crippen molar-refractivity contribution in [1.29, 1.82) is 0 Å². The maximum atomic E-state index is 10.8. The van der Waals surface area contributed by atoms with Gasteiger partial charge < -0.3 is 5.11 Å². The lowest BCUT2D eigenvalue weighted by atomic mass is 9.64. The summed E-state index contributed by atoms with van der Waals surface area (Å²) in [6.07, 6.45) is 7.53. The summed E-state index contributed by atoms with van der Waals surface area (Å²) in [5, 5.41) is 10.8. The van der Waals surface area contributed by atoms with Gasteiger partial charge in [0.05, 0.1) is 5.60 Å². The number of hydrogen-bond donors (Lipinski definition) is 1. The Kier molecular flexibility index (Phi) is 2.92. The predicted octanol–water partition coefficient (Wildman–Crippen LogP) is 2.58. The second-order valence-electron chi connectivity index (χ2n) is 6.25. The van der Waals surface area contributed by atoms with Crippen LogP contribution in [0.5, 0.6) is 0 Å². The van der Waals surface area contributed by atoms with E-state index in [0.717, 1.165) is 12.8 Å². The predicted molar refractivity (Wildman–Crippen MR) is 67.4 cm³/mol. The van der Waals surface area contributed by atoms with E-state index in [-0.39, 0.29) is 5.54 Å². The van der Waals surface area contributed by atoms with Crippen molar-refractivity contribution < 1.29 is 5.11 Å². The fourth-order valence-electron chi connectivity index (χ4n) is 3.78. The monoisotopic (exact) mass is 223 g/mol. The molecule has 3 atom stereocenters. The van der Waals surface area contributed by atoms with Gasteiger partial charge in [-0.05, 0) is 40.2 Å². The van der Waals surface area contributed by atoms with Crippen LogP contribution in [-0.4, -0.2) is 34.2 Å². The van der Waals surface area contributed by atoms with Gasteiger partial charge in [-0.25, -0.2) is 0 Å². The molecule has 0 radical (unpaired) electrons. The van der Waals surface area contributed by atoms with Gasteiger partial charge in [-0.1, -0.05) is 18.9 Å². The number of likely N-dealkylation sites (tertiary alicyclic amines) is 1. The molecule has 2 heteroatoms. The van der Waals surface area contributed by atoms with Crippen LogP contribution in [0.25, 0.3) is 0 Å². The van der Waals surface area contributed by atoms with Crippen molar-refractivity contribution in [1.82, 2.24) is 4.90 Å². The molecule has 2 rings (SSSR count). The molecule has 1 N–H and O–H groups in total. The Balaban J connectivity index is 2.33. The highest BCUT2D eigenvalue weighted by atomic mass is 16.3. The summed E-state index contributed by atoms with van der Waals surface area (Å²) in [7, 11) is 2.21. The Labute approximate surface area is 99.3 Å². The third-order valence-corrected chi connectivity index (χ3v) is 4.89. The zero-order valence-corrected chi connectivity index (χ0v) is 10.9. The standard InChI is InChI=1S/C14H25NO/c1-5-14(16)10-13(2,3)15(4)12-9-7-6-8-11(12)14/h5,11-12,16H,1,6-10H2,2-4H3/t11-,12-,14?/m1/s1. The lowest BCUT2D eigenvalue weighted by molar-refractivity contribution is -0.127. The molecule has 0 spiro atoms. The summed E-state index contributed by atoms with van der Waals surface area (Å²) in [4.78, 5) is 2.48. The van der Waals surface area contributed by atoms with Gasteiger partial charge in [-0.2, -0.15) is 0 Å². The quantitative estimate of drug-likeness (QED) is 0.691. The fourth-order valence-corrected chi connectivity index (χ4v) is 3.78. The highest BCUT2D eigenvalue weighted by molar-refractivity contribution is 5.13. The third-order valence-electron chi connectivity index (χ3n) is 4.89. The van der Waals surface area contributed by atoms with Crippen LogP contribution in [0.3, 0.4) is 0 Å². The summed E-state index contributed by atoms with van der Waals surface area (Å²) in [6, 6.07) is 0.528. The number of fused-ring (bicyclic) bond motifs is 1. The van der Waals surface area contributed by atoms with Gasteiger partial charge in [0.1, 0.15) is 0 Å². The summed E-state index contributed by atoms with van der Waals surface area (Å²) in [6.45, 7) is 8.33. The Hall–Kier alpha value is -0.340. The van der Waals surface area contributed by atoms with Gasteiger partial charge in [-0.15, -0.1) is 6.58 Å². The molecule has 1 unspecified atom stereocenters. The van der Waals surface area contributed by atoms with Gasteiger partial charge >= 0.3 is 0 Å². The minimum absolute atomic E-state index is 0.0709. The second-order valence-corrected chi connectivity index (χ2v) is 6.25. The first-order chi connectivity index (χ1) is 7.41. The first kappa shape index (κ1) is 12.1. The van der Waals surface area contributed by atoms with Crippen molar-refractivity contribution in [2.24, 2.45) is 5.92 Å². The Morgan fingerprint density at radius 2 is 1.94 bits per heavy atom. The van der Waals surface area contributed by atoms with Crippen LogP contribution in [0.2, 0.25) is 0 Å². The molecule has 0 aromatic heterocycles. The second kappa shape index (κ2) is 3.85. The van der Waals surface area contributed by atoms with Gasteiger partial charge in [0.15, 0.2) is 0 Å². The number of nitrogens with zero attached hydrogens (tertiary/aromatic N) is 1. The molecule has 2 aliphatic rings. The Morgan fingerprint density at radius 3 is 2.56 bits per heavy atom. The molecule has 0 amide bonds. The number of aliphatic hydroxyl groups is 1. The molecule has 1 aliphatic heterocycles. The normalized spacial score (nSPS) is 43.8. The van der Waals surface area contributed by atoms with E-state index in [2.05, 4.69) is 32.4 Å². The Morgan fingerprint density at radius 1 is 1.31 bits per heavy atom. The molecule has 0 aromatic carbocycles. The molecule has 1 saturated carbocycles. The number of rotatable bonds is 1. The van der Waals surface area contributed by atoms with E-state index in [0.29, 0.717) is 12.0 Å². The molecule has 16 heavy (non-hydrogen) atoms. The van der Waals surface area contributed by atoms with Crippen molar-refractivity contribution in [3.8, 4) is 0 Å². The lowest BCUT2D eigenvalue weighted by Crippen LogP contribution is -2.64. The van der Waals surface area contributed by atoms with Crippen molar-refractivity contribution in [2.45, 2.75) is 63.1 Å². The maximum Gasteiger partial charge on any atom is 0.0885 e. The van der Waals surface area contributed by atoms with Crippen LogP contribution in [0.15, 0.2) is 12.7 Å². The average Bonchev–Trinajstić information content (AvgIpc) is 2.26. The lowest BCUT2D eigenvalue weighted by Gasteiger charge is -2.57. The minimum Gasteiger partial charge on any atom is -0.385 e. The first-order valence-electron chi connectivity index (χ1n) is 6.50. The van der Waals surface area contributed by atoms with Gasteiger partial charge in [0.25, 0.3) is 0 Å². The van der Waals surface area contributed by atoms with Crippen LogP contribution in [0, 0.1) is 5.92 Å². The van der Waals surface area contributed by atoms with Crippen molar-refractivity contribution in [2.75, 3.05) is 7.05 Å². The SMILES string of the molecule is C=CC1(O)CC(C)(C)N(C)[C@@H]2CCCC[C@H]21. The summed E-state index contributed by atoms with van der Waals surface area (Å²) in [5.74, 6) is 0.386. The van der Waals surface area contributed by atoms with Crippen LogP contribution < -0.4 is 0 Å². The van der Waals surface area contributed by atoms with Crippen molar-refractivity contribution in [3.63, 3.8) is 0 Å². The zero-order chi connectivity index (χ0) is 12.0. The van der Waals surface area contributed by atoms with E-state index in [4.69, 9.17) is 0 Å². The van der Waals surface area contributed by atoms with Gasteiger partial charge in [0.2, 0.25) is 0 Å². The first-order valence-corrected chi connectivity index (χ1v) is 6.50. The highest BCUT2D eigenvalue weighted by Crippen LogP contribution is 2.47. The molecule has 0 bridgehead atoms. The smallest absolute Gasteiger partial charge is 0.0885 e. The highest BCUT2D eigenvalue weighted by Gasteiger charge is 2.51. The molecule has 1 heterocycles. The summed E-state index contributed by atoms with van der Waals surface area (Å²) in [5.41, 5.74) is -0.581. The molecule has 2 fully saturated rings. The number of hydrogen-bond acceptors (Lipinski definition) is 2. The summed E-state index contributed by atoms with van der Waals surface area (Å²) >= 11 is 0. The van der Waals surface area contributed by atoms with Crippen LogP contribution >= 0.6 is 0 Å². The van der Waals surface area contributed by atoms with E-state index in [9.17, 15) is 5.11 Å². The maximum absolute atomic E-state index is 10.8. The molecule has 0 aromatic rings.